The van der Waals surface area contributed by atoms with Crippen LogP contribution in [-0.2, 0) is 11.2 Å². The Labute approximate surface area is 112 Å². The molecule has 1 atom stereocenters. The van der Waals surface area contributed by atoms with Crippen molar-refractivity contribution in [2.24, 2.45) is 5.92 Å². The summed E-state index contributed by atoms with van der Waals surface area (Å²) in [5, 5.41) is 0. The van der Waals surface area contributed by atoms with Crippen LogP contribution in [0, 0.1) is 5.92 Å². The molecule has 0 amide bonds. The molecule has 1 heteroatoms. The molecule has 1 nitrogen and oxygen atoms in total. The molecule has 0 aliphatic heterocycles. The fraction of sp³-hybridized carbons (Fsp3) is 0.529. The van der Waals surface area contributed by atoms with Crippen LogP contribution in [-0.4, -0.2) is 6.61 Å². The van der Waals surface area contributed by atoms with Gasteiger partial charge in [0.1, 0.15) is 0 Å². The number of benzene rings is 1. The van der Waals surface area contributed by atoms with Crippen LogP contribution in [0.5, 0.6) is 0 Å². The zero-order valence-electron chi connectivity index (χ0n) is 12.0. The van der Waals surface area contributed by atoms with E-state index >= 15 is 0 Å². The van der Waals surface area contributed by atoms with E-state index in [1.54, 1.807) is 0 Å². The van der Waals surface area contributed by atoms with Crippen LogP contribution >= 0.6 is 0 Å². The Morgan fingerprint density at radius 2 is 1.94 bits per heavy atom. The quantitative estimate of drug-likeness (QED) is 0.464. The third-order valence-corrected chi connectivity index (χ3v) is 3.36. The molecule has 0 heterocycles. The van der Waals surface area contributed by atoms with E-state index in [4.69, 9.17) is 4.74 Å². The molecule has 0 saturated heterocycles. The van der Waals surface area contributed by atoms with Gasteiger partial charge >= 0.3 is 0 Å². The first-order valence-electron chi connectivity index (χ1n) is 7.09. The predicted molar refractivity (Wildman–Crippen MR) is 78.5 cm³/mol. The van der Waals surface area contributed by atoms with E-state index in [0.29, 0.717) is 0 Å². The van der Waals surface area contributed by atoms with Crippen molar-refractivity contribution >= 4 is 0 Å². The standard InChI is InChI=1S/C17H26O/c1-4-15(3)13-16(5-2)14-18-12-11-17-9-7-6-8-10-17/h6-10,14-15H,4-5,11-13H2,1-3H3. The Morgan fingerprint density at radius 1 is 1.22 bits per heavy atom. The number of hydrogen-bond acceptors (Lipinski definition) is 1. The van der Waals surface area contributed by atoms with Crippen LogP contribution in [0.1, 0.15) is 45.6 Å². The van der Waals surface area contributed by atoms with Crippen LogP contribution in [0.2, 0.25) is 0 Å². The van der Waals surface area contributed by atoms with Crippen LogP contribution in [0.15, 0.2) is 42.2 Å². The van der Waals surface area contributed by atoms with Crippen molar-refractivity contribution in [1.29, 1.82) is 0 Å². The molecule has 18 heavy (non-hydrogen) atoms. The van der Waals surface area contributed by atoms with E-state index in [0.717, 1.165) is 25.4 Å². The van der Waals surface area contributed by atoms with E-state index in [-0.39, 0.29) is 0 Å². The largest absolute Gasteiger partial charge is 0.501 e. The van der Waals surface area contributed by atoms with Gasteiger partial charge in [-0.05, 0) is 29.9 Å². The molecule has 0 saturated carbocycles. The monoisotopic (exact) mass is 246 g/mol. The lowest BCUT2D eigenvalue weighted by Gasteiger charge is -2.11. The highest BCUT2D eigenvalue weighted by Crippen LogP contribution is 2.17. The molecule has 1 unspecified atom stereocenters. The highest BCUT2D eigenvalue weighted by molar-refractivity contribution is 5.14. The Kier molecular flexibility index (Phi) is 7.24. The fourth-order valence-corrected chi connectivity index (χ4v) is 1.87. The van der Waals surface area contributed by atoms with Crippen LogP contribution in [0.4, 0.5) is 0 Å². The van der Waals surface area contributed by atoms with E-state index in [1.807, 2.05) is 12.3 Å². The van der Waals surface area contributed by atoms with Crippen molar-refractivity contribution in [3.8, 4) is 0 Å². The van der Waals surface area contributed by atoms with Crippen molar-refractivity contribution in [3.63, 3.8) is 0 Å². The SMILES string of the molecule is CCC(=COCCc1ccccc1)CC(C)CC. The molecular weight excluding hydrogens is 220 g/mol. The highest BCUT2D eigenvalue weighted by Gasteiger charge is 2.02. The molecular formula is C17H26O. The minimum absolute atomic E-state index is 0.758. The number of rotatable bonds is 8. The van der Waals surface area contributed by atoms with Crippen molar-refractivity contribution in [1.82, 2.24) is 0 Å². The fourth-order valence-electron chi connectivity index (χ4n) is 1.87. The predicted octanol–water partition coefficient (Wildman–Crippen LogP) is 4.98. The minimum atomic E-state index is 0.758. The Bertz CT molecular complexity index is 340. The third-order valence-electron chi connectivity index (χ3n) is 3.36. The lowest BCUT2D eigenvalue weighted by molar-refractivity contribution is 0.248. The van der Waals surface area contributed by atoms with Crippen LogP contribution < -0.4 is 0 Å². The molecule has 0 bridgehead atoms. The number of hydrogen-bond donors (Lipinski definition) is 0. The van der Waals surface area contributed by atoms with Crippen molar-refractivity contribution in [2.75, 3.05) is 6.61 Å². The summed E-state index contributed by atoms with van der Waals surface area (Å²) in [6.45, 7) is 7.52. The smallest absolute Gasteiger partial charge is 0.0913 e. The minimum Gasteiger partial charge on any atom is -0.501 e. The Morgan fingerprint density at radius 3 is 2.56 bits per heavy atom. The Balaban J connectivity index is 2.29. The van der Waals surface area contributed by atoms with Gasteiger partial charge in [0.05, 0.1) is 12.9 Å². The van der Waals surface area contributed by atoms with Gasteiger partial charge in [0.2, 0.25) is 0 Å². The van der Waals surface area contributed by atoms with E-state index < -0.39 is 0 Å². The molecule has 1 aromatic rings. The second-order valence-electron chi connectivity index (χ2n) is 4.95. The molecule has 1 rings (SSSR count). The normalized spacial score (nSPS) is 13.4. The van der Waals surface area contributed by atoms with Crippen LogP contribution in [0.3, 0.4) is 0 Å². The number of ether oxygens (including phenoxy) is 1. The van der Waals surface area contributed by atoms with Gasteiger partial charge < -0.3 is 4.74 Å². The first-order chi connectivity index (χ1) is 8.76. The molecule has 0 aliphatic rings. The molecule has 0 radical (unpaired) electrons. The molecule has 100 valence electrons. The molecule has 1 aromatic carbocycles. The highest BCUT2D eigenvalue weighted by atomic mass is 16.5. The van der Waals surface area contributed by atoms with Crippen LogP contribution in [0.25, 0.3) is 0 Å². The van der Waals surface area contributed by atoms with Crippen molar-refractivity contribution in [2.45, 2.75) is 46.5 Å². The summed E-state index contributed by atoms with van der Waals surface area (Å²) >= 11 is 0. The molecule has 0 N–H and O–H groups in total. The Hall–Kier alpha value is -1.24. The zero-order chi connectivity index (χ0) is 13.2. The summed E-state index contributed by atoms with van der Waals surface area (Å²) in [5.41, 5.74) is 2.77. The summed E-state index contributed by atoms with van der Waals surface area (Å²) < 4.78 is 5.67. The van der Waals surface area contributed by atoms with Gasteiger partial charge in [-0.1, -0.05) is 57.5 Å². The third kappa shape index (κ3) is 5.90. The van der Waals surface area contributed by atoms with Gasteiger partial charge in [0.25, 0.3) is 0 Å². The summed E-state index contributed by atoms with van der Waals surface area (Å²) in [4.78, 5) is 0. The summed E-state index contributed by atoms with van der Waals surface area (Å²) in [7, 11) is 0. The van der Waals surface area contributed by atoms with E-state index in [9.17, 15) is 0 Å². The van der Waals surface area contributed by atoms with Crippen molar-refractivity contribution in [3.05, 3.63) is 47.7 Å². The maximum absolute atomic E-state index is 5.67. The van der Waals surface area contributed by atoms with Gasteiger partial charge in [-0.3, -0.25) is 0 Å². The molecule has 0 aromatic heterocycles. The molecule has 0 aliphatic carbocycles. The average Bonchev–Trinajstić information content (AvgIpc) is 2.43. The van der Waals surface area contributed by atoms with Gasteiger partial charge in [-0.2, -0.15) is 0 Å². The zero-order valence-corrected chi connectivity index (χ0v) is 12.0. The van der Waals surface area contributed by atoms with Gasteiger partial charge in [0, 0.05) is 6.42 Å². The first-order valence-corrected chi connectivity index (χ1v) is 7.09. The topological polar surface area (TPSA) is 9.23 Å². The van der Waals surface area contributed by atoms with E-state index in [2.05, 4.69) is 45.0 Å². The van der Waals surface area contributed by atoms with Gasteiger partial charge in [0.15, 0.2) is 0 Å². The van der Waals surface area contributed by atoms with Gasteiger partial charge in [-0.25, -0.2) is 0 Å². The van der Waals surface area contributed by atoms with Crippen molar-refractivity contribution < 1.29 is 4.74 Å². The second kappa shape index (κ2) is 8.79. The second-order valence-corrected chi connectivity index (χ2v) is 4.95. The molecule has 0 spiro atoms. The average molecular weight is 246 g/mol. The maximum Gasteiger partial charge on any atom is 0.0913 e. The first kappa shape index (κ1) is 14.8. The number of allylic oxidation sites excluding steroid dienone is 1. The van der Waals surface area contributed by atoms with Gasteiger partial charge in [-0.15, -0.1) is 0 Å². The summed E-state index contributed by atoms with van der Waals surface area (Å²) in [6.07, 6.45) is 6.46. The lowest BCUT2D eigenvalue weighted by Crippen LogP contribution is -1.98. The van der Waals surface area contributed by atoms with E-state index in [1.165, 1.54) is 24.0 Å². The summed E-state index contributed by atoms with van der Waals surface area (Å²) in [6, 6.07) is 10.5. The molecule has 0 fully saturated rings. The maximum atomic E-state index is 5.67. The lowest BCUT2D eigenvalue weighted by atomic mass is 9.98. The summed E-state index contributed by atoms with van der Waals surface area (Å²) in [5.74, 6) is 0.758.